The minimum atomic E-state index is 0.722. The molecule has 140 valence electrons. The third kappa shape index (κ3) is 6.90. The maximum Gasteiger partial charge on any atom is 0.191 e. The van der Waals surface area contributed by atoms with Crippen LogP contribution in [-0.2, 0) is 6.54 Å². The van der Waals surface area contributed by atoms with E-state index in [1.165, 1.54) is 48.4 Å². The smallest absolute Gasteiger partial charge is 0.191 e. The Labute approximate surface area is 157 Å². The van der Waals surface area contributed by atoms with Gasteiger partial charge in [0.25, 0.3) is 0 Å². The largest absolute Gasteiger partial charge is 0.357 e. The molecule has 0 spiro atoms. The minimum absolute atomic E-state index is 0.722. The number of likely N-dealkylation sites (tertiary alicyclic amines) is 1. The Kier molecular flexibility index (Phi) is 8.62. The lowest BCUT2D eigenvalue weighted by Crippen LogP contribution is -2.39. The van der Waals surface area contributed by atoms with Crippen LogP contribution in [0.3, 0.4) is 0 Å². The van der Waals surface area contributed by atoms with Gasteiger partial charge in [-0.3, -0.25) is 0 Å². The molecule has 1 aliphatic rings. The molecular weight excluding hydrogens is 328 g/mol. The third-order valence-corrected chi connectivity index (χ3v) is 5.70. The molecule has 0 saturated carbocycles. The van der Waals surface area contributed by atoms with E-state index in [1.54, 1.807) is 11.8 Å². The summed E-state index contributed by atoms with van der Waals surface area (Å²) in [5, 5.41) is 6.89. The maximum absolute atomic E-state index is 4.79. The van der Waals surface area contributed by atoms with Crippen LogP contribution in [0.4, 0.5) is 0 Å². The van der Waals surface area contributed by atoms with Crippen LogP contribution in [0, 0.1) is 12.8 Å². The molecule has 1 aromatic carbocycles. The van der Waals surface area contributed by atoms with E-state index in [9.17, 15) is 0 Å². The van der Waals surface area contributed by atoms with Crippen molar-refractivity contribution in [2.24, 2.45) is 10.9 Å². The highest BCUT2D eigenvalue weighted by atomic mass is 32.2. The molecule has 2 N–H and O–H groups in total. The second kappa shape index (κ2) is 10.7. The summed E-state index contributed by atoms with van der Waals surface area (Å²) in [6.07, 6.45) is 6.02. The van der Waals surface area contributed by atoms with Crippen LogP contribution in [0.15, 0.2) is 28.1 Å². The minimum Gasteiger partial charge on any atom is -0.357 e. The van der Waals surface area contributed by atoms with Gasteiger partial charge in [0.2, 0.25) is 0 Å². The highest BCUT2D eigenvalue weighted by molar-refractivity contribution is 7.98. The fraction of sp³-hybridized carbons (Fsp3) is 0.650. The third-order valence-electron chi connectivity index (χ3n) is 4.88. The number of guanidine groups is 1. The molecule has 25 heavy (non-hydrogen) atoms. The molecule has 1 saturated heterocycles. The van der Waals surface area contributed by atoms with Crippen LogP contribution in [0.1, 0.15) is 37.3 Å². The first kappa shape index (κ1) is 20.1. The SMILES string of the molecule is CCNC(=NCc1ccc(C)cc1SC)NCCC1CCN(C)CC1. The second-order valence-electron chi connectivity index (χ2n) is 6.97. The van der Waals surface area contributed by atoms with Crippen LogP contribution in [0.5, 0.6) is 0 Å². The van der Waals surface area contributed by atoms with Gasteiger partial charge in [-0.1, -0.05) is 12.1 Å². The Morgan fingerprint density at radius 3 is 2.72 bits per heavy atom. The molecule has 4 nitrogen and oxygen atoms in total. The van der Waals surface area contributed by atoms with Gasteiger partial charge in [-0.25, -0.2) is 4.99 Å². The van der Waals surface area contributed by atoms with Gasteiger partial charge in [0.1, 0.15) is 0 Å². The number of rotatable bonds is 7. The number of nitrogens with one attached hydrogen (secondary N) is 2. The average molecular weight is 363 g/mol. The van der Waals surface area contributed by atoms with Gasteiger partial charge in [-0.05, 0) is 82.6 Å². The number of aryl methyl sites for hydroxylation is 1. The number of hydrogen-bond acceptors (Lipinski definition) is 3. The molecule has 5 heteroatoms. The summed E-state index contributed by atoms with van der Waals surface area (Å²) >= 11 is 1.80. The Balaban J connectivity index is 1.85. The predicted molar refractivity (Wildman–Crippen MR) is 111 cm³/mol. The molecule has 1 aromatic rings. The summed E-state index contributed by atoms with van der Waals surface area (Å²) in [5.74, 6) is 1.79. The Morgan fingerprint density at radius 1 is 1.28 bits per heavy atom. The number of hydrogen-bond donors (Lipinski definition) is 2. The van der Waals surface area contributed by atoms with E-state index in [2.05, 4.69) is 60.9 Å². The standard InChI is InChI=1S/C20H34N4S/c1-5-21-20(22-11-8-17-9-12-24(3)13-10-17)23-15-18-7-6-16(2)14-19(18)25-4/h6-7,14,17H,5,8-13,15H2,1-4H3,(H2,21,22,23). The molecular formula is C20H34N4S. The van der Waals surface area contributed by atoms with Crippen LogP contribution in [-0.4, -0.2) is 50.3 Å². The molecule has 0 atom stereocenters. The van der Waals surface area contributed by atoms with Crippen molar-refractivity contribution in [1.29, 1.82) is 0 Å². The predicted octanol–water partition coefficient (Wildman–Crippen LogP) is 3.50. The summed E-state index contributed by atoms with van der Waals surface area (Å²) in [4.78, 5) is 8.55. The number of benzene rings is 1. The highest BCUT2D eigenvalue weighted by Crippen LogP contribution is 2.22. The number of nitrogens with zero attached hydrogens (tertiary/aromatic N) is 2. The van der Waals surface area contributed by atoms with Gasteiger partial charge in [0.05, 0.1) is 6.54 Å². The fourth-order valence-corrected chi connectivity index (χ4v) is 3.93. The lowest BCUT2D eigenvalue weighted by Gasteiger charge is -2.29. The first-order valence-electron chi connectivity index (χ1n) is 9.46. The van der Waals surface area contributed by atoms with Crippen molar-refractivity contribution >= 4 is 17.7 Å². The molecule has 0 unspecified atom stereocenters. The monoisotopic (exact) mass is 362 g/mol. The van der Waals surface area contributed by atoms with Crippen molar-refractivity contribution in [2.45, 2.75) is 44.6 Å². The number of aliphatic imine (C=N–C) groups is 1. The topological polar surface area (TPSA) is 39.7 Å². The van der Waals surface area contributed by atoms with Crippen LogP contribution in [0.2, 0.25) is 0 Å². The summed E-state index contributed by atoms with van der Waals surface area (Å²) in [5.41, 5.74) is 2.60. The maximum atomic E-state index is 4.79. The van der Waals surface area contributed by atoms with Crippen LogP contribution < -0.4 is 10.6 Å². The van der Waals surface area contributed by atoms with E-state index in [4.69, 9.17) is 4.99 Å². The Bertz CT molecular complexity index is 551. The molecule has 1 heterocycles. The Morgan fingerprint density at radius 2 is 2.04 bits per heavy atom. The van der Waals surface area contributed by atoms with Gasteiger partial charge in [0.15, 0.2) is 5.96 Å². The van der Waals surface area contributed by atoms with Crippen molar-refractivity contribution in [3.8, 4) is 0 Å². The van der Waals surface area contributed by atoms with Gasteiger partial charge >= 0.3 is 0 Å². The fourth-order valence-electron chi connectivity index (χ4n) is 3.23. The van der Waals surface area contributed by atoms with Crippen molar-refractivity contribution in [3.05, 3.63) is 29.3 Å². The van der Waals surface area contributed by atoms with Gasteiger partial charge in [0, 0.05) is 18.0 Å². The average Bonchev–Trinajstić information content (AvgIpc) is 2.62. The number of piperidine rings is 1. The highest BCUT2D eigenvalue weighted by Gasteiger charge is 2.16. The van der Waals surface area contributed by atoms with Crippen LogP contribution in [0.25, 0.3) is 0 Å². The summed E-state index contributed by atoms with van der Waals surface area (Å²) in [6, 6.07) is 6.62. The lowest BCUT2D eigenvalue weighted by atomic mass is 9.94. The summed E-state index contributed by atoms with van der Waals surface area (Å²) in [7, 11) is 2.22. The molecule has 0 aromatic heterocycles. The second-order valence-corrected chi connectivity index (χ2v) is 7.82. The lowest BCUT2D eigenvalue weighted by molar-refractivity contribution is 0.213. The molecule has 1 fully saturated rings. The van der Waals surface area contributed by atoms with E-state index in [-0.39, 0.29) is 0 Å². The van der Waals surface area contributed by atoms with E-state index >= 15 is 0 Å². The van der Waals surface area contributed by atoms with Crippen LogP contribution >= 0.6 is 11.8 Å². The molecule has 0 aliphatic carbocycles. The normalized spacial score (nSPS) is 16.9. The quantitative estimate of drug-likeness (QED) is 0.442. The summed E-state index contributed by atoms with van der Waals surface area (Å²) < 4.78 is 0. The van der Waals surface area contributed by atoms with E-state index in [0.717, 1.165) is 31.5 Å². The van der Waals surface area contributed by atoms with E-state index in [0.29, 0.717) is 0 Å². The first-order valence-corrected chi connectivity index (χ1v) is 10.7. The summed E-state index contributed by atoms with van der Waals surface area (Å²) in [6.45, 7) is 9.36. The number of thioether (sulfide) groups is 1. The van der Waals surface area contributed by atoms with E-state index in [1.807, 2.05) is 0 Å². The van der Waals surface area contributed by atoms with Crippen molar-refractivity contribution in [3.63, 3.8) is 0 Å². The zero-order chi connectivity index (χ0) is 18.1. The molecule has 1 aliphatic heterocycles. The molecule has 2 rings (SSSR count). The zero-order valence-corrected chi connectivity index (χ0v) is 17.1. The Hall–Kier alpha value is -1.20. The zero-order valence-electron chi connectivity index (χ0n) is 16.3. The molecule has 0 amide bonds. The van der Waals surface area contributed by atoms with Gasteiger partial charge in [-0.2, -0.15) is 0 Å². The van der Waals surface area contributed by atoms with Crippen molar-refractivity contribution in [2.75, 3.05) is 39.5 Å². The van der Waals surface area contributed by atoms with Gasteiger partial charge in [-0.15, -0.1) is 11.8 Å². The van der Waals surface area contributed by atoms with E-state index < -0.39 is 0 Å². The van der Waals surface area contributed by atoms with Gasteiger partial charge < -0.3 is 15.5 Å². The first-order chi connectivity index (χ1) is 12.1. The van der Waals surface area contributed by atoms with Crippen molar-refractivity contribution < 1.29 is 0 Å². The molecule has 0 radical (unpaired) electrons. The molecule has 0 bridgehead atoms. The van der Waals surface area contributed by atoms with Crippen molar-refractivity contribution in [1.82, 2.24) is 15.5 Å².